The molecule has 0 aromatic heterocycles. The molecule has 0 saturated heterocycles. The van der Waals surface area contributed by atoms with Crippen LogP contribution in [0.15, 0.2) is 11.3 Å². The Morgan fingerprint density at radius 3 is 2.31 bits per heavy atom. The first-order valence-corrected chi connectivity index (χ1v) is 5.33. The first-order chi connectivity index (χ1) is 5.84. The Balaban J connectivity index is 3.04. The van der Waals surface area contributed by atoms with Gasteiger partial charge in [0.2, 0.25) is 0 Å². The maximum Gasteiger partial charge on any atom is 0.00831 e. The molecule has 0 aromatic carbocycles. The first-order valence-electron chi connectivity index (χ1n) is 5.33. The molecule has 0 saturated carbocycles. The van der Waals surface area contributed by atoms with E-state index in [4.69, 9.17) is 5.73 Å². The van der Waals surface area contributed by atoms with Crippen molar-refractivity contribution in [1.29, 1.82) is 0 Å². The van der Waals surface area contributed by atoms with E-state index in [1.165, 1.54) is 12.0 Å². The van der Waals surface area contributed by atoms with Crippen LogP contribution in [0.25, 0.3) is 0 Å². The maximum absolute atomic E-state index is 6.13. The Hall–Kier alpha value is -0.460. The van der Waals surface area contributed by atoms with Crippen molar-refractivity contribution < 1.29 is 0 Å². The molecule has 0 aliphatic heterocycles. The molecule has 13 heavy (non-hydrogen) atoms. The Bertz CT molecular complexity index is 223. The topological polar surface area (TPSA) is 26.0 Å². The molecular formula is C12H23N. The molecule has 0 spiro atoms. The van der Waals surface area contributed by atoms with Crippen LogP contribution in [0.3, 0.4) is 0 Å². The minimum Gasteiger partial charge on any atom is -0.402 e. The molecule has 0 radical (unpaired) electrons. The van der Waals surface area contributed by atoms with Crippen molar-refractivity contribution in [2.45, 2.75) is 47.5 Å². The van der Waals surface area contributed by atoms with Crippen molar-refractivity contribution >= 4 is 0 Å². The summed E-state index contributed by atoms with van der Waals surface area (Å²) in [7, 11) is 0. The molecule has 76 valence electrons. The summed E-state index contributed by atoms with van der Waals surface area (Å²) in [6.07, 6.45) is 2.37. The van der Waals surface area contributed by atoms with Crippen LogP contribution in [-0.4, -0.2) is 0 Å². The molecule has 1 aliphatic rings. The van der Waals surface area contributed by atoms with Crippen LogP contribution in [0.1, 0.15) is 47.5 Å². The van der Waals surface area contributed by atoms with Crippen LogP contribution in [0, 0.1) is 17.3 Å². The van der Waals surface area contributed by atoms with Crippen molar-refractivity contribution in [3.05, 3.63) is 11.3 Å². The van der Waals surface area contributed by atoms with Crippen molar-refractivity contribution in [2.24, 2.45) is 23.0 Å². The zero-order valence-corrected chi connectivity index (χ0v) is 9.65. The van der Waals surface area contributed by atoms with Gasteiger partial charge in [-0.3, -0.25) is 0 Å². The Labute approximate surface area is 82.4 Å². The van der Waals surface area contributed by atoms with Gasteiger partial charge in [0.25, 0.3) is 0 Å². The minimum absolute atomic E-state index is 0.315. The van der Waals surface area contributed by atoms with Crippen molar-refractivity contribution in [3.63, 3.8) is 0 Å². The number of hydrogen-bond acceptors (Lipinski definition) is 1. The monoisotopic (exact) mass is 181 g/mol. The lowest BCUT2D eigenvalue weighted by atomic mass is 9.67. The normalized spacial score (nSPS) is 28.3. The standard InChI is InChI=1S/C12H23N/c1-8(2)11-10(13)6-9(3)7-12(11,4)5/h8-9H,6-7,13H2,1-5H3. The summed E-state index contributed by atoms with van der Waals surface area (Å²) in [5.74, 6) is 1.35. The van der Waals surface area contributed by atoms with Crippen molar-refractivity contribution in [1.82, 2.24) is 0 Å². The van der Waals surface area contributed by atoms with Gasteiger partial charge in [0.1, 0.15) is 0 Å². The number of nitrogens with two attached hydrogens (primary N) is 1. The molecule has 0 aromatic rings. The smallest absolute Gasteiger partial charge is 0.00831 e. The van der Waals surface area contributed by atoms with Gasteiger partial charge in [0, 0.05) is 5.70 Å². The number of hydrogen-bond donors (Lipinski definition) is 1. The third-order valence-electron chi connectivity index (χ3n) is 3.08. The molecule has 0 amide bonds. The van der Waals surface area contributed by atoms with Gasteiger partial charge in [-0.2, -0.15) is 0 Å². The molecule has 0 heterocycles. The Morgan fingerprint density at radius 2 is 1.92 bits per heavy atom. The van der Waals surface area contributed by atoms with E-state index < -0.39 is 0 Å². The summed E-state index contributed by atoms with van der Waals surface area (Å²) in [5, 5.41) is 0. The van der Waals surface area contributed by atoms with Gasteiger partial charge < -0.3 is 5.73 Å². The van der Waals surface area contributed by atoms with Crippen molar-refractivity contribution in [3.8, 4) is 0 Å². The highest BCUT2D eigenvalue weighted by molar-refractivity contribution is 5.24. The lowest BCUT2D eigenvalue weighted by molar-refractivity contribution is 0.276. The second-order valence-electron chi connectivity index (χ2n) is 5.49. The van der Waals surface area contributed by atoms with E-state index in [0.29, 0.717) is 11.3 Å². The second-order valence-corrected chi connectivity index (χ2v) is 5.49. The van der Waals surface area contributed by atoms with E-state index >= 15 is 0 Å². The van der Waals surface area contributed by atoms with E-state index in [-0.39, 0.29) is 0 Å². The van der Waals surface area contributed by atoms with Gasteiger partial charge >= 0.3 is 0 Å². The summed E-state index contributed by atoms with van der Waals surface area (Å²) in [6.45, 7) is 11.4. The van der Waals surface area contributed by atoms with Crippen LogP contribution >= 0.6 is 0 Å². The van der Waals surface area contributed by atoms with Crippen LogP contribution in [0.5, 0.6) is 0 Å². The highest BCUT2D eigenvalue weighted by atomic mass is 14.6. The molecule has 1 atom stereocenters. The van der Waals surface area contributed by atoms with E-state index in [1.54, 1.807) is 0 Å². The lowest BCUT2D eigenvalue weighted by Gasteiger charge is -2.39. The largest absolute Gasteiger partial charge is 0.402 e. The van der Waals surface area contributed by atoms with Gasteiger partial charge in [-0.25, -0.2) is 0 Å². The third-order valence-corrected chi connectivity index (χ3v) is 3.08. The van der Waals surface area contributed by atoms with E-state index in [0.717, 1.165) is 18.0 Å². The predicted molar refractivity (Wildman–Crippen MR) is 58.2 cm³/mol. The molecule has 2 N–H and O–H groups in total. The fourth-order valence-corrected chi connectivity index (χ4v) is 3.13. The average Bonchev–Trinajstić information content (AvgIpc) is 1.78. The number of allylic oxidation sites excluding steroid dienone is 2. The third kappa shape index (κ3) is 2.07. The number of rotatable bonds is 1. The Morgan fingerprint density at radius 1 is 1.38 bits per heavy atom. The zero-order chi connectivity index (χ0) is 10.2. The molecular weight excluding hydrogens is 158 g/mol. The Kier molecular flexibility index (Phi) is 2.74. The second kappa shape index (κ2) is 3.36. The molecule has 1 aliphatic carbocycles. The predicted octanol–water partition coefficient (Wildman–Crippen LogP) is 3.31. The van der Waals surface area contributed by atoms with Gasteiger partial charge in [-0.1, -0.05) is 34.6 Å². The quantitative estimate of drug-likeness (QED) is 0.660. The first kappa shape index (κ1) is 10.6. The van der Waals surface area contributed by atoms with Gasteiger partial charge in [0.15, 0.2) is 0 Å². The average molecular weight is 181 g/mol. The van der Waals surface area contributed by atoms with E-state index in [1.807, 2.05) is 0 Å². The summed E-state index contributed by atoms with van der Waals surface area (Å²) >= 11 is 0. The van der Waals surface area contributed by atoms with E-state index in [2.05, 4.69) is 34.6 Å². The summed E-state index contributed by atoms with van der Waals surface area (Å²) < 4.78 is 0. The molecule has 0 bridgehead atoms. The highest BCUT2D eigenvalue weighted by Gasteiger charge is 2.33. The summed E-state index contributed by atoms with van der Waals surface area (Å²) in [6, 6.07) is 0. The molecule has 1 nitrogen and oxygen atoms in total. The van der Waals surface area contributed by atoms with Gasteiger partial charge in [0.05, 0.1) is 0 Å². The van der Waals surface area contributed by atoms with Gasteiger partial charge in [-0.15, -0.1) is 0 Å². The summed E-state index contributed by atoms with van der Waals surface area (Å²) in [4.78, 5) is 0. The molecule has 1 rings (SSSR count). The highest BCUT2D eigenvalue weighted by Crippen LogP contribution is 2.44. The van der Waals surface area contributed by atoms with E-state index in [9.17, 15) is 0 Å². The maximum atomic E-state index is 6.13. The van der Waals surface area contributed by atoms with Gasteiger partial charge in [-0.05, 0) is 35.7 Å². The molecule has 1 heteroatoms. The molecule has 0 fully saturated rings. The lowest BCUT2D eigenvalue weighted by Crippen LogP contribution is -2.30. The van der Waals surface area contributed by atoms with Crippen molar-refractivity contribution in [2.75, 3.05) is 0 Å². The zero-order valence-electron chi connectivity index (χ0n) is 9.65. The molecule has 1 unspecified atom stereocenters. The fourth-order valence-electron chi connectivity index (χ4n) is 3.13. The SMILES string of the molecule is CC1CC(N)=C(C(C)C)C(C)(C)C1. The van der Waals surface area contributed by atoms with Crippen LogP contribution < -0.4 is 5.73 Å². The van der Waals surface area contributed by atoms with Crippen LogP contribution in [0.2, 0.25) is 0 Å². The van der Waals surface area contributed by atoms with Crippen LogP contribution in [0.4, 0.5) is 0 Å². The van der Waals surface area contributed by atoms with Crippen LogP contribution in [-0.2, 0) is 0 Å². The minimum atomic E-state index is 0.315. The summed E-state index contributed by atoms with van der Waals surface area (Å²) in [5.41, 5.74) is 9.08. The fraction of sp³-hybridized carbons (Fsp3) is 0.833.